The molecule has 0 aromatic carbocycles. The fourth-order valence-corrected chi connectivity index (χ4v) is 4.88. The number of hydrogen-bond donors (Lipinski definition) is 1. The minimum atomic E-state index is -0.968. The van der Waals surface area contributed by atoms with E-state index in [4.69, 9.17) is 9.47 Å². The SMILES string of the molecule is CC(C)(C)OC(=O)N1CCN(c2c3n(c4nc(C5=CCOCC5)nn4c2=O)[C@@H](C(=O)O)CC3)CC1. The maximum atomic E-state index is 13.7. The largest absolute Gasteiger partial charge is 0.480 e. The van der Waals surface area contributed by atoms with Crippen molar-refractivity contribution in [2.45, 2.75) is 51.7 Å². The van der Waals surface area contributed by atoms with Crippen molar-refractivity contribution in [2.75, 3.05) is 44.3 Å². The fraction of sp³-hybridized carbons (Fsp3) is 0.609. The third-order valence-corrected chi connectivity index (χ3v) is 6.51. The van der Waals surface area contributed by atoms with Crippen molar-refractivity contribution in [2.24, 2.45) is 0 Å². The van der Waals surface area contributed by atoms with Gasteiger partial charge in [0.25, 0.3) is 5.56 Å². The first kappa shape index (κ1) is 23.3. The molecule has 1 amide bonds. The highest BCUT2D eigenvalue weighted by Gasteiger charge is 2.37. The van der Waals surface area contributed by atoms with Crippen LogP contribution in [0.3, 0.4) is 0 Å². The molecular formula is C23H30N6O6. The Labute approximate surface area is 201 Å². The Morgan fingerprint density at radius 2 is 1.91 bits per heavy atom. The number of carbonyl (C=O) groups excluding carboxylic acids is 1. The molecule has 12 heteroatoms. The zero-order chi connectivity index (χ0) is 24.9. The van der Waals surface area contributed by atoms with E-state index >= 15 is 0 Å². The Hall–Kier alpha value is -3.41. The van der Waals surface area contributed by atoms with Gasteiger partial charge in [0.15, 0.2) is 5.82 Å². The Bertz CT molecular complexity index is 1260. The van der Waals surface area contributed by atoms with Crippen LogP contribution < -0.4 is 10.5 Å². The van der Waals surface area contributed by atoms with Crippen LogP contribution in [0.1, 0.15) is 51.2 Å². The Morgan fingerprint density at radius 3 is 2.54 bits per heavy atom. The van der Waals surface area contributed by atoms with Gasteiger partial charge in [0.2, 0.25) is 5.78 Å². The highest BCUT2D eigenvalue weighted by Crippen LogP contribution is 2.33. The maximum absolute atomic E-state index is 13.7. The summed E-state index contributed by atoms with van der Waals surface area (Å²) in [6.07, 6.45) is 2.95. The van der Waals surface area contributed by atoms with Gasteiger partial charge in [-0.05, 0) is 45.6 Å². The lowest BCUT2D eigenvalue weighted by Gasteiger charge is -2.37. The molecule has 3 aliphatic heterocycles. The molecule has 1 saturated heterocycles. The molecule has 2 aromatic heterocycles. The molecule has 1 N–H and O–H groups in total. The summed E-state index contributed by atoms with van der Waals surface area (Å²) < 4.78 is 13.7. The summed E-state index contributed by atoms with van der Waals surface area (Å²) in [6.45, 7) is 8.09. The van der Waals surface area contributed by atoms with E-state index in [2.05, 4.69) is 10.1 Å². The average Bonchev–Trinajstić information content (AvgIpc) is 3.44. The van der Waals surface area contributed by atoms with Crippen molar-refractivity contribution in [1.29, 1.82) is 0 Å². The molecule has 0 saturated carbocycles. The monoisotopic (exact) mass is 486 g/mol. The van der Waals surface area contributed by atoms with E-state index in [1.54, 1.807) is 9.47 Å². The van der Waals surface area contributed by atoms with E-state index < -0.39 is 17.6 Å². The van der Waals surface area contributed by atoms with Crippen LogP contribution in [-0.4, -0.2) is 86.2 Å². The lowest BCUT2D eigenvalue weighted by Crippen LogP contribution is -2.51. The number of amides is 1. The quantitative estimate of drug-likeness (QED) is 0.682. The molecule has 188 valence electrons. The lowest BCUT2D eigenvalue weighted by atomic mass is 10.1. The van der Waals surface area contributed by atoms with Crippen LogP contribution in [0.25, 0.3) is 11.4 Å². The predicted molar refractivity (Wildman–Crippen MR) is 126 cm³/mol. The van der Waals surface area contributed by atoms with Gasteiger partial charge in [-0.25, -0.2) is 9.59 Å². The molecule has 35 heavy (non-hydrogen) atoms. The Kier molecular flexibility index (Phi) is 5.78. The number of aliphatic carboxylic acids is 1. The van der Waals surface area contributed by atoms with Gasteiger partial charge in [-0.1, -0.05) is 6.08 Å². The van der Waals surface area contributed by atoms with E-state index in [1.807, 2.05) is 31.7 Å². The van der Waals surface area contributed by atoms with Gasteiger partial charge in [-0.2, -0.15) is 9.50 Å². The Morgan fingerprint density at radius 1 is 1.17 bits per heavy atom. The molecule has 0 aliphatic carbocycles. The van der Waals surface area contributed by atoms with E-state index in [1.165, 1.54) is 4.52 Å². The maximum Gasteiger partial charge on any atom is 0.410 e. The molecule has 1 fully saturated rings. The van der Waals surface area contributed by atoms with Crippen molar-refractivity contribution in [3.05, 3.63) is 27.9 Å². The molecule has 0 unspecified atom stereocenters. The number of piperazine rings is 1. The molecule has 1 atom stereocenters. The van der Waals surface area contributed by atoms with Crippen molar-refractivity contribution in [3.8, 4) is 0 Å². The molecule has 0 radical (unpaired) electrons. The molecule has 3 aliphatic rings. The van der Waals surface area contributed by atoms with Crippen molar-refractivity contribution < 1.29 is 24.2 Å². The van der Waals surface area contributed by atoms with Gasteiger partial charge in [-0.3, -0.25) is 9.36 Å². The number of nitrogens with zero attached hydrogens (tertiary/aromatic N) is 6. The molecule has 0 spiro atoms. The third-order valence-electron chi connectivity index (χ3n) is 6.51. The first-order chi connectivity index (χ1) is 16.6. The first-order valence-electron chi connectivity index (χ1n) is 11.9. The molecular weight excluding hydrogens is 456 g/mol. The lowest BCUT2D eigenvalue weighted by molar-refractivity contribution is -0.140. The van der Waals surface area contributed by atoms with Gasteiger partial charge in [0, 0.05) is 26.2 Å². The van der Waals surface area contributed by atoms with E-state index in [-0.39, 0.29) is 17.4 Å². The number of aromatic nitrogens is 4. The highest BCUT2D eigenvalue weighted by molar-refractivity contribution is 5.75. The van der Waals surface area contributed by atoms with Gasteiger partial charge < -0.3 is 24.4 Å². The number of fused-ring (bicyclic) bond motifs is 3. The van der Waals surface area contributed by atoms with Gasteiger partial charge in [0.1, 0.15) is 17.3 Å². The van der Waals surface area contributed by atoms with E-state index in [9.17, 15) is 19.5 Å². The van der Waals surface area contributed by atoms with E-state index in [0.29, 0.717) is 75.9 Å². The van der Waals surface area contributed by atoms with Crippen molar-refractivity contribution in [3.63, 3.8) is 0 Å². The summed E-state index contributed by atoms with van der Waals surface area (Å²) in [6, 6.07) is -0.823. The second kappa shape index (κ2) is 8.67. The summed E-state index contributed by atoms with van der Waals surface area (Å²) in [4.78, 5) is 46.4. The number of rotatable bonds is 3. The van der Waals surface area contributed by atoms with Crippen LogP contribution in [0, 0.1) is 0 Å². The topological polar surface area (TPSA) is 131 Å². The van der Waals surface area contributed by atoms with Crippen LogP contribution in [0.2, 0.25) is 0 Å². The predicted octanol–water partition coefficient (Wildman–Crippen LogP) is 1.32. The summed E-state index contributed by atoms with van der Waals surface area (Å²) in [7, 11) is 0. The fourth-order valence-electron chi connectivity index (χ4n) is 4.88. The molecule has 12 nitrogen and oxygen atoms in total. The smallest absolute Gasteiger partial charge is 0.410 e. The number of carboxylic acids is 1. The number of ether oxygens (including phenoxy) is 2. The minimum Gasteiger partial charge on any atom is -0.480 e. The van der Waals surface area contributed by atoms with Crippen LogP contribution in [-0.2, 0) is 20.7 Å². The van der Waals surface area contributed by atoms with Gasteiger partial charge in [0.05, 0.1) is 18.9 Å². The molecule has 5 heterocycles. The summed E-state index contributed by atoms with van der Waals surface area (Å²) in [5.41, 5.74) is 1.05. The Balaban J connectivity index is 1.52. The molecule has 2 aromatic rings. The second-order valence-electron chi connectivity index (χ2n) is 10.0. The molecule has 5 rings (SSSR count). The molecule has 0 bridgehead atoms. The average molecular weight is 487 g/mol. The van der Waals surface area contributed by atoms with Gasteiger partial charge in [-0.15, -0.1) is 5.10 Å². The zero-order valence-corrected chi connectivity index (χ0v) is 20.2. The highest BCUT2D eigenvalue weighted by atomic mass is 16.6. The van der Waals surface area contributed by atoms with Crippen LogP contribution in [0.5, 0.6) is 0 Å². The number of carbonyl (C=O) groups is 2. The minimum absolute atomic E-state index is 0.244. The number of carboxylic acid groups (broad SMARTS) is 1. The van der Waals surface area contributed by atoms with Crippen molar-refractivity contribution >= 4 is 29.1 Å². The van der Waals surface area contributed by atoms with Crippen LogP contribution in [0.4, 0.5) is 10.5 Å². The summed E-state index contributed by atoms with van der Waals surface area (Å²) in [5.74, 6) is -0.304. The van der Waals surface area contributed by atoms with Crippen molar-refractivity contribution in [1.82, 2.24) is 24.1 Å². The second-order valence-corrected chi connectivity index (χ2v) is 10.0. The summed E-state index contributed by atoms with van der Waals surface area (Å²) >= 11 is 0. The number of hydrogen-bond acceptors (Lipinski definition) is 8. The number of anilines is 1. The third kappa shape index (κ3) is 4.26. The van der Waals surface area contributed by atoms with Crippen LogP contribution in [0.15, 0.2) is 10.9 Å². The zero-order valence-electron chi connectivity index (χ0n) is 20.2. The first-order valence-corrected chi connectivity index (χ1v) is 11.9. The standard InChI is InChI=1S/C23H30N6O6/c1-23(2,3)35-22(33)27-10-8-26(9-11-27)17-15-4-5-16(20(31)32)28(15)21-24-18(25-29(21)19(17)30)14-6-12-34-13-7-14/h6,16H,4-5,7-13H2,1-3H3,(H,31,32)/t16-/m1/s1. The normalized spacial score (nSPS) is 20.7. The van der Waals surface area contributed by atoms with Crippen LogP contribution >= 0.6 is 0 Å². The summed E-state index contributed by atoms with van der Waals surface area (Å²) in [5, 5.41) is 14.4. The van der Waals surface area contributed by atoms with E-state index in [0.717, 1.165) is 5.57 Å². The van der Waals surface area contributed by atoms with Gasteiger partial charge >= 0.3 is 12.1 Å².